The molecule has 3 heterocycles. The molecule has 43 heavy (non-hydrogen) atoms. The molecule has 0 aliphatic carbocycles. The third kappa shape index (κ3) is 4.44. The molecule has 4 amide bonds. The van der Waals surface area contributed by atoms with Gasteiger partial charge in [-0.25, -0.2) is 18.5 Å². The average Bonchev–Trinajstić information content (AvgIpc) is 3.51. The lowest BCUT2D eigenvalue weighted by atomic mass is 9.89. The highest BCUT2D eigenvalue weighted by Gasteiger charge is 2.53. The van der Waals surface area contributed by atoms with E-state index < -0.39 is 35.7 Å². The van der Waals surface area contributed by atoms with Crippen LogP contribution in [0.1, 0.15) is 38.8 Å². The van der Waals surface area contributed by atoms with E-state index in [0.29, 0.717) is 11.1 Å². The molecule has 0 saturated carbocycles. The number of para-hydroxylation sites is 2. The Balaban J connectivity index is 1.24. The van der Waals surface area contributed by atoms with Gasteiger partial charge >= 0.3 is 6.03 Å². The minimum absolute atomic E-state index is 0.153. The first-order valence-corrected chi connectivity index (χ1v) is 14.0. The standard InChI is InChI=1S/C34H26F2N4O3/c35-22-15-13-21(14-16-22)31-30-25(23-8-2-5-11-27(23)38-30)19-29-33(42)40(34(43)39(29)31)28-12-6-3-9-24(28)32(41)37-18-17-20-7-1-4-10-26(20)36/h1-16,29,31,38H,17-19H2,(H,37,41)/t29-,31+/m0/s1. The lowest BCUT2D eigenvalue weighted by Crippen LogP contribution is -2.44. The van der Waals surface area contributed by atoms with E-state index in [1.807, 2.05) is 24.3 Å². The smallest absolute Gasteiger partial charge is 0.332 e. The predicted octanol–water partition coefficient (Wildman–Crippen LogP) is 5.90. The van der Waals surface area contributed by atoms with Crippen LogP contribution in [-0.4, -0.2) is 40.3 Å². The van der Waals surface area contributed by atoms with Crippen LogP contribution in [0.4, 0.5) is 19.3 Å². The molecular formula is C34H26F2N4O3. The Bertz CT molecular complexity index is 1900. The lowest BCUT2D eigenvalue weighted by Gasteiger charge is -2.36. The number of fused-ring (bicyclic) bond motifs is 4. The molecule has 7 nitrogen and oxygen atoms in total. The number of hydrogen-bond donors (Lipinski definition) is 2. The maximum atomic E-state index is 14.2. The van der Waals surface area contributed by atoms with Crippen LogP contribution >= 0.6 is 0 Å². The van der Waals surface area contributed by atoms with Gasteiger partial charge in [0.25, 0.3) is 11.8 Å². The third-order valence-corrected chi connectivity index (χ3v) is 8.26. The Morgan fingerprint density at radius 1 is 0.884 bits per heavy atom. The second kappa shape index (κ2) is 10.5. The fourth-order valence-corrected chi connectivity index (χ4v) is 6.26. The van der Waals surface area contributed by atoms with E-state index in [1.165, 1.54) is 23.1 Å². The zero-order valence-corrected chi connectivity index (χ0v) is 22.9. The highest BCUT2D eigenvalue weighted by molar-refractivity contribution is 6.24. The number of aromatic amines is 1. The molecule has 5 aromatic rings. The summed E-state index contributed by atoms with van der Waals surface area (Å²) in [7, 11) is 0. The lowest BCUT2D eigenvalue weighted by molar-refractivity contribution is -0.120. The summed E-state index contributed by atoms with van der Waals surface area (Å²) in [5, 5.41) is 3.75. The maximum absolute atomic E-state index is 14.2. The molecule has 4 aromatic carbocycles. The topological polar surface area (TPSA) is 85.5 Å². The van der Waals surface area contributed by atoms with Gasteiger partial charge in [-0.05, 0) is 59.5 Å². The molecule has 214 valence electrons. The van der Waals surface area contributed by atoms with Gasteiger partial charge in [-0.15, -0.1) is 0 Å². The normalized spacial score (nSPS) is 17.7. The molecule has 7 rings (SSSR count). The minimum Gasteiger partial charge on any atom is -0.356 e. The maximum Gasteiger partial charge on any atom is 0.332 e. The number of benzene rings is 4. The van der Waals surface area contributed by atoms with Gasteiger partial charge in [0.1, 0.15) is 23.7 Å². The molecule has 2 aliphatic heterocycles. The van der Waals surface area contributed by atoms with Crippen LogP contribution in [0.25, 0.3) is 10.9 Å². The predicted molar refractivity (Wildman–Crippen MR) is 158 cm³/mol. The third-order valence-electron chi connectivity index (χ3n) is 8.26. The highest BCUT2D eigenvalue weighted by Crippen LogP contribution is 2.45. The number of carbonyl (C=O) groups is 3. The van der Waals surface area contributed by atoms with Crippen molar-refractivity contribution in [1.29, 1.82) is 0 Å². The number of aromatic nitrogens is 1. The summed E-state index contributed by atoms with van der Waals surface area (Å²) >= 11 is 0. The van der Waals surface area contributed by atoms with Gasteiger partial charge in [0.15, 0.2) is 0 Å². The molecule has 2 aliphatic rings. The number of nitrogens with one attached hydrogen (secondary N) is 2. The number of nitrogens with zero attached hydrogens (tertiary/aromatic N) is 2. The fraction of sp³-hybridized carbons (Fsp3) is 0.147. The Kier molecular flexibility index (Phi) is 6.50. The first-order chi connectivity index (χ1) is 20.9. The summed E-state index contributed by atoms with van der Waals surface area (Å²) < 4.78 is 28.0. The van der Waals surface area contributed by atoms with E-state index in [4.69, 9.17) is 0 Å². The van der Waals surface area contributed by atoms with Crippen LogP contribution in [-0.2, 0) is 17.6 Å². The van der Waals surface area contributed by atoms with Crippen molar-refractivity contribution in [3.8, 4) is 0 Å². The number of carbonyl (C=O) groups excluding carboxylic acids is 3. The average molecular weight is 577 g/mol. The number of urea groups is 1. The van der Waals surface area contributed by atoms with Crippen LogP contribution in [0, 0.1) is 11.6 Å². The molecule has 1 fully saturated rings. The quantitative estimate of drug-likeness (QED) is 0.247. The van der Waals surface area contributed by atoms with Gasteiger partial charge in [-0.1, -0.05) is 60.7 Å². The van der Waals surface area contributed by atoms with Crippen molar-refractivity contribution in [1.82, 2.24) is 15.2 Å². The Hall–Kier alpha value is -5.31. The minimum atomic E-state index is -0.827. The summed E-state index contributed by atoms with van der Waals surface area (Å²) in [6, 6.07) is 24.4. The number of rotatable bonds is 6. The Labute approximate surface area is 245 Å². The molecule has 0 bridgehead atoms. The summed E-state index contributed by atoms with van der Waals surface area (Å²) in [5.74, 6) is -1.69. The van der Waals surface area contributed by atoms with Crippen LogP contribution < -0.4 is 10.2 Å². The van der Waals surface area contributed by atoms with Crippen molar-refractivity contribution in [2.45, 2.75) is 24.9 Å². The van der Waals surface area contributed by atoms with Crippen molar-refractivity contribution in [2.75, 3.05) is 11.4 Å². The van der Waals surface area contributed by atoms with Gasteiger partial charge in [0, 0.05) is 29.6 Å². The SMILES string of the molecule is O=C(NCCc1ccccc1F)c1ccccc1N1C(=O)[C@@H]2Cc3c([nH]c4ccccc34)[C@@H](c3ccc(F)cc3)N2C1=O. The number of imide groups is 1. The number of amides is 4. The first-order valence-electron chi connectivity index (χ1n) is 14.0. The van der Waals surface area contributed by atoms with Gasteiger partial charge in [-0.2, -0.15) is 0 Å². The van der Waals surface area contributed by atoms with Crippen LogP contribution in [0.5, 0.6) is 0 Å². The van der Waals surface area contributed by atoms with Gasteiger partial charge in [-0.3, -0.25) is 14.5 Å². The number of hydrogen-bond acceptors (Lipinski definition) is 3. The summed E-state index contributed by atoms with van der Waals surface area (Å²) in [5.41, 5.74) is 4.03. The monoisotopic (exact) mass is 576 g/mol. The summed E-state index contributed by atoms with van der Waals surface area (Å²) in [4.78, 5) is 47.6. The van der Waals surface area contributed by atoms with Gasteiger partial charge in [0.2, 0.25) is 0 Å². The Morgan fingerprint density at radius 3 is 2.42 bits per heavy atom. The molecule has 2 N–H and O–H groups in total. The van der Waals surface area contributed by atoms with E-state index in [1.54, 1.807) is 54.6 Å². The zero-order valence-electron chi connectivity index (χ0n) is 22.9. The molecule has 0 spiro atoms. The van der Waals surface area contributed by atoms with Crippen molar-refractivity contribution < 1.29 is 23.2 Å². The fourth-order valence-electron chi connectivity index (χ4n) is 6.26. The van der Waals surface area contributed by atoms with Crippen molar-refractivity contribution in [3.63, 3.8) is 0 Å². The van der Waals surface area contributed by atoms with Gasteiger partial charge in [0.05, 0.1) is 11.3 Å². The molecule has 9 heteroatoms. The highest BCUT2D eigenvalue weighted by atomic mass is 19.1. The molecule has 1 aromatic heterocycles. The van der Waals surface area contributed by atoms with E-state index in [9.17, 15) is 23.2 Å². The van der Waals surface area contributed by atoms with Crippen LogP contribution in [0.2, 0.25) is 0 Å². The molecule has 1 saturated heterocycles. The molecule has 0 unspecified atom stereocenters. The molecule has 0 radical (unpaired) electrons. The van der Waals surface area contributed by atoms with E-state index >= 15 is 0 Å². The van der Waals surface area contributed by atoms with Crippen molar-refractivity contribution in [2.24, 2.45) is 0 Å². The molecule has 2 atom stereocenters. The number of anilines is 1. The van der Waals surface area contributed by atoms with Gasteiger partial charge < -0.3 is 10.3 Å². The number of H-pyrrole nitrogens is 1. The number of halogens is 2. The van der Waals surface area contributed by atoms with Crippen molar-refractivity contribution in [3.05, 3.63) is 137 Å². The van der Waals surface area contributed by atoms with Crippen LogP contribution in [0.15, 0.2) is 97.1 Å². The summed E-state index contributed by atoms with van der Waals surface area (Å²) in [6.45, 7) is 0.166. The second-order valence-electron chi connectivity index (χ2n) is 10.7. The van der Waals surface area contributed by atoms with Crippen LogP contribution in [0.3, 0.4) is 0 Å². The summed E-state index contributed by atoms with van der Waals surface area (Å²) in [6.07, 6.45) is 0.568. The largest absolute Gasteiger partial charge is 0.356 e. The van der Waals surface area contributed by atoms with Crippen molar-refractivity contribution >= 4 is 34.4 Å². The van der Waals surface area contributed by atoms with E-state index in [0.717, 1.165) is 27.1 Å². The van der Waals surface area contributed by atoms with E-state index in [-0.39, 0.29) is 36.5 Å². The Morgan fingerprint density at radius 2 is 1.60 bits per heavy atom. The first kappa shape index (κ1) is 26.6. The second-order valence-corrected chi connectivity index (χ2v) is 10.7. The van der Waals surface area contributed by atoms with E-state index in [2.05, 4.69) is 10.3 Å². The molecular weight excluding hydrogens is 550 g/mol. The zero-order chi connectivity index (χ0) is 29.7.